The van der Waals surface area contributed by atoms with Crippen LogP contribution in [-0.2, 0) is 14.9 Å². The average Bonchev–Trinajstić information content (AvgIpc) is 2.99. The van der Waals surface area contributed by atoms with E-state index >= 15 is 0 Å². The number of cyclic esters (lactones) is 1. The Morgan fingerprint density at radius 3 is 2.63 bits per heavy atom. The fraction of sp³-hybridized carbons (Fsp3) is 0.417. The normalized spacial score (nSPS) is 26.3. The molecule has 0 radical (unpaired) electrons. The maximum absolute atomic E-state index is 12.0. The highest BCUT2D eigenvalue weighted by Crippen LogP contribution is 2.41. The second kappa shape index (κ2) is 4.50. The monoisotopic (exact) mass is 282 g/mol. The number of rotatable bonds is 4. The molecule has 0 spiro atoms. The molecule has 1 aliphatic carbocycles. The van der Waals surface area contributed by atoms with Gasteiger partial charge in [0.05, 0.1) is 6.54 Å². The van der Waals surface area contributed by atoms with Crippen LogP contribution < -0.4 is 4.72 Å². The molecular weight excluding hydrogens is 268 g/mol. The summed E-state index contributed by atoms with van der Waals surface area (Å²) in [6, 6.07) is 9.59. The Labute approximate surface area is 111 Å². The van der Waals surface area contributed by atoms with Crippen LogP contribution >= 0.6 is 0 Å². The zero-order valence-corrected chi connectivity index (χ0v) is 11.0. The molecule has 1 aromatic rings. The lowest BCUT2D eigenvalue weighted by molar-refractivity contribution is 0.169. The molecule has 2 atom stereocenters. The standard InChI is InChI=1S/C12H14N2O4S/c15-12-14(6-7-18-12)19(16,17)13-11-8-10(11)9-4-2-1-3-5-9/h1-5,10-11,13H,6-8H2/t10-,11?/m1/s1. The first-order valence-corrected chi connectivity index (χ1v) is 7.53. The molecule has 1 saturated carbocycles. The maximum Gasteiger partial charge on any atom is 0.424 e. The van der Waals surface area contributed by atoms with Gasteiger partial charge in [0, 0.05) is 12.0 Å². The van der Waals surface area contributed by atoms with Gasteiger partial charge in [-0.05, 0) is 12.0 Å². The van der Waals surface area contributed by atoms with Crippen molar-refractivity contribution in [2.45, 2.75) is 18.4 Å². The van der Waals surface area contributed by atoms with Gasteiger partial charge >= 0.3 is 16.3 Å². The average molecular weight is 282 g/mol. The van der Waals surface area contributed by atoms with Gasteiger partial charge in [0.15, 0.2) is 0 Å². The Hall–Kier alpha value is -1.60. The largest absolute Gasteiger partial charge is 0.447 e. The van der Waals surface area contributed by atoms with Crippen molar-refractivity contribution in [3.05, 3.63) is 35.9 Å². The molecular formula is C12H14N2O4S. The van der Waals surface area contributed by atoms with Crippen molar-refractivity contribution in [3.8, 4) is 0 Å². The summed E-state index contributed by atoms with van der Waals surface area (Å²) in [6.07, 6.45) is -0.0454. The van der Waals surface area contributed by atoms with Gasteiger partial charge in [0.2, 0.25) is 0 Å². The van der Waals surface area contributed by atoms with Crippen LogP contribution in [0.2, 0.25) is 0 Å². The molecule has 2 fully saturated rings. The van der Waals surface area contributed by atoms with E-state index < -0.39 is 16.3 Å². The van der Waals surface area contributed by atoms with E-state index in [1.807, 2.05) is 30.3 Å². The third-order valence-electron chi connectivity index (χ3n) is 3.33. The first kappa shape index (κ1) is 12.4. The van der Waals surface area contributed by atoms with E-state index in [-0.39, 0.29) is 25.1 Å². The SMILES string of the molecule is O=C1OCCN1S(=O)(=O)NC1C[C@@H]1c1ccccc1. The number of ether oxygens (including phenoxy) is 1. The van der Waals surface area contributed by atoms with Crippen LogP contribution in [0.3, 0.4) is 0 Å². The van der Waals surface area contributed by atoms with Gasteiger partial charge in [-0.25, -0.2) is 4.79 Å². The second-order valence-electron chi connectivity index (χ2n) is 4.67. The lowest BCUT2D eigenvalue weighted by Crippen LogP contribution is -2.42. The summed E-state index contributed by atoms with van der Waals surface area (Å²) in [5.74, 6) is 0.189. The first-order valence-electron chi connectivity index (χ1n) is 6.09. The van der Waals surface area contributed by atoms with E-state index in [0.717, 1.165) is 16.3 Å². The molecule has 0 aromatic heterocycles. The van der Waals surface area contributed by atoms with Crippen molar-refractivity contribution < 1.29 is 17.9 Å². The maximum atomic E-state index is 12.0. The predicted octanol–water partition coefficient (Wildman–Crippen LogP) is 0.829. The number of nitrogens with one attached hydrogen (secondary N) is 1. The Morgan fingerprint density at radius 2 is 2.00 bits per heavy atom. The van der Waals surface area contributed by atoms with Gasteiger partial charge in [0.1, 0.15) is 6.61 Å². The van der Waals surface area contributed by atoms with E-state index in [1.165, 1.54) is 0 Å². The van der Waals surface area contributed by atoms with Crippen LogP contribution in [0.4, 0.5) is 4.79 Å². The smallest absolute Gasteiger partial charge is 0.424 e. The number of hydrogen-bond donors (Lipinski definition) is 1. The van der Waals surface area contributed by atoms with Crippen molar-refractivity contribution >= 4 is 16.3 Å². The molecule has 1 unspecified atom stereocenters. The number of amides is 1. The lowest BCUT2D eigenvalue weighted by Gasteiger charge is -2.14. The summed E-state index contributed by atoms with van der Waals surface area (Å²) >= 11 is 0. The minimum Gasteiger partial charge on any atom is -0.447 e. The molecule has 2 aliphatic rings. The third kappa shape index (κ3) is 2.43. The summed E-state index contributed by atoms with van der Waals surface area (Å²) in [5, 5.41) is 0. The highest BCUT2D eigenvalue weighted by Gasteiger charge is 2.44. The number of hydrogen-bond acceptors (Lipinski definition) is 4. The molecule has 0 bridgehead atoms. The van der Waals surface area contributed by atoms with Crippen molar-refractivity contribution in [2.24, 2.45) is 0 Å². The minimum absolute atomic E-state index is 0.0802. The molecule has 1 amide bonds. The van der Waals surface area contributed by atoms with Crippen LogP contribution in [0.25, 0.3) is 0 Å². The van der Waals surface area contributed by atoms with E-state index in [9.17, 15) is 13.2 Å². The molecule has 7 heteroatoms. The summed E-state index contributed by atoms with van der Waals surface area (Å²) in [7, 11) is -3.78. The van der Waals surface area contributed by atoms with Crippen LogP contribution in [0, 0.1) is 0 Å². The van der Waals surface area contributed by atoms with E-state index in [0.29, 0.717) is 0 Å². The van der Waals surface area contributed by atoms with Crippen LogP contribution in [0.5, 0.6) is 0 Å². The Morgan fingerprint density at radius 1 is 1.26 bits per heavy atom. The fourth-order valence-corrected chi connectivity index (χ4v) is 3.58. The molecule has 6 nitrogen and oxygen atoms in total. The quantitative estimate of drug-likeness (QED) is 0.887. The van der Waals surface area contributed by atoms with Gasteiger partial charge in [-0.1, -0.05) is 30.3 Å². The van der Waals surface area contributed by atoms with Crippen LogP contribution in [0.1, 0.15) is 17.9 Å². The third-order valence-corrected chi connectivity index (χ3v) is 4.84. The van der Waals surface area contributed by atoms with Gasteiger partial charge in [-0.3, -0.25) is 0 Å². The van der Waals surface area contributed by atoms with Gasteiger partial charge < -0.3 is 4.74 Å². The highest BCUT2D eigenvalue weighted by atomic mass is 32.2. The lowest BCUT2D eigenvalue weighted by atomic mass is 10.1. The fourth-order valence-electron chi connectivity index (χ4n) is 2.25. The highest BCUT2D eigenvalue weighted by molar-refractivity contribution is 7.87. The predicted molar refractivity (Wildman–Crippen MR) is 67.7 cm³/mol. The first-order chi connectivity index (χ1) is 9.08. The second-order valence-corrected chi connectivity index (χ2v) is 6.30. The Bertz CT molecular complexity index is 587. The zero-order chi connectivity index (χ0) is 13.5. The van der Waals surface area contributed by atoms with Gasteiger partial charge in [0.25, 0.3) is 0 Å². The molecule has 19 heavy (non-hydrogen) atoms. The van der Waals surface area contributed by atoms with Crippen molar-refractivity contribution in [1.29, 1.82) is 0 Å². The van der Waals surface area contributed by atoms with Crippen LogP contribution in [-0.4, -0.2) is 38.0 Å². The van der Waals surface area contributed by atoms with E-state index in [1.54, 1.807) is 0 Å². The zero-order valence-electron chi connectivity index (χ0n) is 10.2. The van der Waals surface area contributed by atoms with Gasteiger partial charge in [-0.2, -0.15) is 17.4 Å². The topological polar surface area (TPSA) is 75.7 Å². The molecule has 1 saturated heterocycles. The minimum atomic E-state index is -3.78. The molecule has 3 rings (SSSR count). The molecule has 1 aliphatic heterocycles. The van der Waals surface area contributed by atoms with E-state index in [2.05, 4.69) is 9.46 Å². The number of carbonyl (C=O) groups is 1. The molecule has 1 aromatic carbocycles. The molecule has 102 valence electrons. The van der Waals surface area contributed by atoms with Crippen molar-refractivity contribution in [2.75, 3.05) is 13.2 Å². The Kier molecular flexibility index (Phi) is 2.94. The van der Waals surface area contributed by atoms with Crippen molar-refractivity contribution in [3.63, 3.8) is 0 Å². The molecule has 1 N–H and O–H groups in total. The van der Waals surface area contributed by atoms with Crippen LogP contribution in [0.15, 0.2) is 30.3 Å². The summed E-state index contributed by atoms with van der Waals surface area (Å²) in [4.78, 5) is 11.3. The Balaban J connectivity index is 1.66. The van der Waals surface area contributed by atoms with Gasteiger partial charge in [-0.15, -0.1) is 0 Å². The summed E-state index contributed by atoms with van der Waals surface area (Å²) in [5.41, 5.74) is 1.11. The number of nitrogens with zero attached hydrogens (tertiary/aromatic N) is 1. The van der Waals surface area contributed by atoms with Crippen molar-refractivity contribution in [1.82, 2.24) is 9.03 Å². The van der Waals surface area contributed by atoms with E-state index in [4.69, 9.17) is 0 Å². The number of benzene rings is 1. The summed E-state index contributed by atoms with van der Waals surface area (Å²) < 4.78 is 31.9. The molecule has 1 heterocycles. The summed E-state index contributed by atoms with van der Waals surface area (Å²) in [6.45, 7) is 0.198. The number of carbonyl (C=O) groups excluding carboxylic acids is 1.